The van der Waals surface area contributed by atoms with Crippen molar-refractivity contribution in [1.82, 2.24) is 4.98 Å². The Morgan fingerprint density at radius 1 is 1.00 bits per heavy atom. The lowest BCUT2D eigenvalue weighted by molar-refractivity contribution is 0.620. The molecule has 132 valence electrons. The van der Waals surface area contributed by atoms with E-state index in [0.717, 1.165) is 32.4 Å². The van der Waals surface area contributed by atoms with Crippen molar-refractivity contribution in [1.29, 1.82) is 0 Å². The summed E-state index contributed by atoms with van der Waals surface area (Å²) in [4.78, 5) is 9.03. The second-order valence-electron chi connectivity index (χ2n) is 6.23. The minimum atomic E-state index is 0.626. The van der Waals surface area contributed by atoms with Crippen molar-refractivity contribution in [2.24, 2.45) is 4.99 Å². The van der Waals surface area contributed by atoms with E-state index in [2.05, 4.69) is 32.0 Å². The number of allylic oxidation sites excluding steroid dienone is 1. The molecule has 1 heterocycles. The van der Waals surface area contributed by atoms with Gasteiger partial charge in [0.1, 0.15) is 5.52 Å². The number of benzene rings is 3. The summed E-state index contributed by atoms with van der Waals surface area (Å²) in [7, 11) is 0. The fourth-order valence-corrected chi connectivity index (χ4v) is 3.16. The van der Waals surface area contributed by atoms with Crippen LogP contribution in [0, 0.1) is 6.92 Å². The van der Waals surface area contributed by atoms with E-state index in [9.17, 15) is 0 Å². The minimum Gasteiger partial charge on any atom is -0.436 e. The first kappa shape index (κ1) is 17.4. The molecule has 0 bridgehead atoms. The van der Waals surface area contributed by atoms with Crippen molar-refractivity contribution >= 4 is 45.0 Å². The second kappa shape index (κ2) is 7.72. The summed E-state index contributed by atoms with van der Waals surface area (Å²) in [5, 5.41) is 0. The molecule has 3 aromatic carbocycles. The molecule has 0 radical (unpaired) electrons. The van der Waals surface area contributed by atoms with Crippen LogP contribution >= 0.6 is 15.9 Å². The van der Waals surface area contributed by atoms with Gasteiger partial charge in [-0.3, -0.25) is 4.99 Å². The number of hydrogen-bond donors (Lipinski definition) is 0. The van der Waals surface area contributed by atoms with Gasteiger partial charge < -0.3 is 4.42 Å². The maximum Gasteiger partial charge on any atom is 0.227 e. The maximum atomic E-state index is 5.84. The molecular formula is C23H17BrN2O. The normalized spacial score (nSPS) is 11.8. The molecule has 4 aromatic rings. The van der Waals surface area contributed by atoms with Crippen LogP contribution in [-0.4, -0.2) is 11.2 Å². The molecule has 0 aliphatic heterocycles. The molecule has 3 nitrogen and oxygen atoms in total. The van der Waals surface area contributed by atoms with Gasteiger partial charge in [-0.15, -0.1) is 0 Å². The Balaban J connectivity index is 1.48. The van der Waals surface area contributed by atoms with Crippen LogP contribution in [0.3, 0.4) is 0 Å². The van der Waals surface area contributed by atoms with E-state index in [-0.39, 0.29) is 0 Å². The van der Waals surface area contributed by atoms with Crippen molar-refractivity contribution in [3.63, 3.8) is 0 Å². The molecule has 1 aromatic heterocycles. The molecular weight excluding hydrogens is 400 g/mol. The molecule has 0 fully saturated rings. The molecule has 0 aliphatic rings. The first-order chi connectivity index (χ1) is 13.2. The molecule has 0 atom stereocenters. The van der Waals surface area contributed by atoms with Gasteiger partial charge in [0, 0.05) is 16.3 Å². The standard InChI is InChI=1S/C23H17BrN2O/c1-16-7-12-22-21(14-16)26-23(27-22)18-8-10-20(11-9-18)25-13-3-5-17-4-2-6-19(24)15-17/h2-15H,1H3. The van der Waals surface area contributed by atoms with Crippen molar-refractivity contribution in [3.05, 3.63) is 88.4 Å². The van der Waals surface area contributed by atoms with Crippen LogP contribution in [0.5, 0.6) is 0 Å². The molecule has 0 spiro atoms. The highest BCUT2D eigenvalue weighted by atomic mass is 79.9. The number of oxazole rings is 1. The lowest BCUT2D eigenvalue weighted by atomic mass is 10.2. The zero-order valence-corrected chi connectivity index (χ0v) is 16.3. The van der Waals surface area contributed by atoms with Gasteiger partial charge in [0.05, 0.1) is 5.69 Å². The highest BCUT2D eigenvalue weighted by Gasteiger charge is 2.08. The summed E-state index contributed by atoms with van der Waals surface area (Å²) in [5.74, 6) is 0.626. The van der Waals surface area contributed by atoms with Gasteiger partial charge in [-0.25, -0.2) is 4.98 Å². The minimum absolute atomic E-state index is 0.626. The van der Waals surface area contributed by atoms with Gasteiger partial charge in [-0.05, 0) is 72.7 Å². The van der Waals surface area contributed by atoms with Crippen LogP contribution in [-0.2, 0) is 0 Å². The average Bonchev–Trinajstić information content (AvgIpc) is 3.09. The Bertz CT molecular complexity index is 1140. The molecule has 4 heteroatoms. The highest BCUT2D eigenvalue weighted by molar-refractivity contribution is 9.10. The summed E-state index contributed by atoms with van der Waals surface area (Å²) >= 11 is 3.47. The van der Waals surface area contributed by atoms with Gasteiger partial charge >= 0.3 is 0 Å². The van der Waals surface area contributed by atoms with Crippen molar-refractivity contribution in [3.8, 4) is 11.5 Å². The molecule has 0 unspecified atom stereocenters. The SMILES string of the molecule is Cc1ccc2oc(-c3ccc(N=CC=Cc4cccc(Br)c4)cc3)nc2c1. The summed E-state index contributed by atoms with van der Waals surface area (Å²) in [6.45, 7) is 2.05. The predicted molar refractivity (Wildman–Crippen MR) is 116 cm³/mol. The summed E-state index contributed by atoms with van der Waals surface area (Å²) < 4.78 is 6.90. The third kappa shape index (κ3) is 4.23. The van der Waals surface area contributed by atoms with Gasteiger partial charge in [-0.1, -0.05) is 40.2 Å². The van der Waals surface area contributed by atoms with E-state index in [1.54, 1.807) is 6.21 Å². The van der Waals surface area contributed by atoms with Gasteiger partial charge in [-0.2, -0.15) is 0 Å². The van der Waals surface area contributed by atoms with Gasteiger partial charge in [0.2, 0.25) is 5.89 Å². The summed E-state index contributed by atoms with van der Waals surface area (Å²) in [6, 6.07) is 22.0. The third-order valence-corrected chi connectivity index (χ3v) is 4.60. The monoisotopic (exact) mass is 416 g/mol. The Hall–Kier alpha value is -2.98. The predicted octanol–water partition coefficient (Wildman–Crippen LogP) is 6.98. The third-order valence-electron chi connectivity index (χ3n) is 4.10. The molecule has 27 heavy (non-hydrogen) atoms. The van der Waals surface area contributed by atoms with E-state index in [1.165, 1.54) is 5.56 Å². The second-order valence-corrected chi connectivity index (χ2v) is 7.15. The van der Waals surface area contributed by atoms with E-state index in [4.69, 9.17) is 4.42 Å². The Morgan fingerprint density at radius 2 is 1.85 bits per heavy atom. The number of nitrogens with zero attached hydrogens (tertiary/aromatic N) is 2. The first-order valence-corrected chi connectivity index (χ1v) is 9.41. The largest absolute Gasteiger partial charge is 0.436 e. The number of aromatic nitrogens is 1. The van der Waals surface area contributed by atoms with Gasteiger partial charge in [0.15, 0.2) is 5.58 Å². The molecule has 0 saturated heterocycles. The number of aliphatic imine (C=N–C) groups is 1. The number of rotatable bonds is 4. The zero-order valence-electron chi connectivity index (χ0n) is 14.8. The fourth-order valence-electron chi connectivity index (χ4n) is 2.74. The van der Waals surface area contributed by atoms with E-state index in [0.29, 0.717) is 5.89 Å². The highest BCUT2D eigenvalue weighted by Crippen LogP contribution is 2.26. The fraction of sp³-hybridized carbons (Fsp3) is 0.0435. The number of hydrogen-bond acceptors (Lipinski definition) is 3. The van der Waals surface area contributed by atoms with Crippen LogP contribution in [0.2, 0.25) is 0 Å². The van der Waals surface area contributed by atoms with Crippen molar-refractivity contribution in [2.75, 3.05) is 0 Å². The Kier molecular flexibility index (Phi) is 4.99. The van der Waals surface area contributed by atoms with Crippen LogP contribution in [0.4, 0.5) is 5.69 Å². The van der Waals surface area contributed by atoms with E-state index >= 15 is 0 Å². The maximum absolute atomic E-state index is 5.84. The van der Waals surface area contributed by atoms with Crippen LogP contribution < -0.4 is 0 Å². The zero-order chi connectivity index (χ0) is 18.6. The van der Waals surface area contributed by atoms with Crippen LogP contribution in [0.25, 0.3) is 28.6 Å². The Morgan fingerprint density at radius 3 is 2.67 bits per heavy atom. The number of halogens is 1. The first-order valence-electron chi connectivity index (χ1n) is 8.61. The van der Waals surface area contributed by atoms with E-state index in [1.807, 2.05) is 79.7 Å². The average molecular weight is 417 g/mol. The number of aryl methyl sites for hydroxylation is 1. The molecule has 0 aliphatic carbocycles. The summed E-state index contributed by atoms with van der Waals surface area (Å²) in [6.07, 6.45) is 5.74. The summed E-state index contributed by atoms with van der Waals surface area (Å²) in [5.41, 5.74) is 5.79. The Labute approximate surface area is 166 Å². The van der Waals surface area contributed by atoms with Gasteiger partial charge in [0.25, 0.3) is 0 Å². The van der Waals surface area contributed by atoms with Crippen LogP contribution in [0.15, 0.2) is 86.7 Å². The lowest BCUT2D eigenvalue weighted by Gasteiger charge is -1.96. The quantitative estimate of drug-likeness (QED) is 0.336. The smallest absolute Gasteiger partial charge is 0.227 e. The number of fused-ring (bicyclic) bond motifs is 1. The van der Waals surface area contributed by atoms with Crippen molar-refractivity contribution in [2.45, 2.75) is 6.92 Å². The lowest BCUT2D eigenvalue weighted by Crippen LogP contribution is -1.77. The van der Waals surface area contributed by atoms with E-state index < -0.39 is 0 Å². The molecule has 0 saturated carbocycles. The molecule has 4 rings (SSSR count). The van der Waals surface area contributed by atoms with Crippen LogP contribution in [0.1, 0.15) is 11.1 Å². The van der Waals surface area contributed by atoms with Crippen molar-refractivity contribution < 1.29 is 4.42 Å². The molecule has 0 N–H and O–H groups in total. The topological polar surface area (TPSA) is 38.4 Å². The molecule has 0 amide bonds.